The quantitative estimate of drug-likeness (QED) is 0.214. The molecule has 1 heterocycles. The smallest absolute Gasteiger partial charge is 0.326 e. The summed E-state index contributed by atoms with van der Waals surface area (Å²) >= 11 is 0. The molecule has 0 bridgehead atoms. The summed E-state index contributed by atoms with van der Waals surface area (Å²) in [5.74, 6) is -2.82. The van der Waals surface area contributed by atoms with Crippen LogP contribution in [0.5, 0.6) is 0 Å². The summed E-state index contributed by atoms with van der Waals surface area (Å²) in [5.41, 5.74) is -2.60. The van der Waals surface area contributed by atoms with Gasteiger partial charge in [0.05, 0.1) is 5.25 Å². The molecule has 5 N–H and O–H groups in total. The predicted octanol–water partition coefficient (Wildman–Crippen LogP) is 3.42. The van der Waals surface area contributed by atoms with Gasteiger partial charge in [-0.3, -0.25) is 19.1 Å². The molecule has 1 saturated heterocycles. The van der Waals surface area contributed by atoms with Gasteiger partial charge in [0.1, 0.15) is 23.7 Å². The van der Waals surface area contributed by atoms with Gasteiger partial charge in [0.2, 0.25) is 21.8 Å². The van der Waals surface area contributed by atoms with Crippen molar-refractivity contribution in [3.8, 4) is 0 Å². The first-order chi connectivity index (χ1) is 23.8. The predicted molar refractivity (Wildman–Crippen MR) is 187 cm³/mol. The van der Waals surface area contributed by atoms with Gasteiger partial charge < -0.3 is 26.0 Å². The van der Waals surface area contributed by atoms with E-state index in [0.717, 1.165) is 51.4 Å². The van der Waals surface area contributed by atoms with Gasteiger partial charge in [-0.25, -0.2) is 18.0 Å². The molecule has 1 aliphatic heterocycles. The van der Waals surface area contributed by atoms with E-state index in [0.29, 0.717) is 45.1 Å². The summed E-state index contributed by atoms with van der Waals surface area (Å²) in [7, 11) is -3.83. The molecule has 0 aromatic heterocycles. The molecular weight excluding hydrogens is 675 g/mol. The number of carboxylic acids is 1. The van der Waals surface area contributed by atoms with E-state index in [1.165, 1.54) is 0 Å². The molecule has 0 radical (unpaired) electrons. The van der Waals surface area contributed by atoms with Gasteiger partial charge in [0, 0.05) is 12.0 Å². The first kappa shape index (κ1) is 36.5. The monoisotopic (exact) mass is 731 g/mol. The maximum Gasteiger partial charge on any atom is 0.326 e. The second-order valence-electron chi connectivity index (χ2n) is 18.7. The average Bonchev–Trinajstić information content (AvgIpc) is 3.85. The Morgan fingerprint density at radius 1 is 0.843 bits per heavy atom. The lowest BCUT2D eigenvalue weighted by atomic mass is 9.73. The molecule has 13 nitrogen and oxygen atoms in total. The highest BCUT2D eigenvalue weighted by atomic mass is 32.2. The molecular formula is C37H57N5O8S. The Morgan fingerprint density at radius 2 is 1.49 bits per heavy atom. The van der Waals surface area contributed by atoms with Crippen LogP contribution < -0.4 is 20.7 Å². The van der Waals surface area contributed by atoms with E-state index in [1.807, 2.05) is 20.8 Å². The van der Waals surface area contributed by atoms with Gasteiger partial charge in [0.15, 0.2) is 0 Å². The van der Waals surface area contributed by atoms with Crippen LogP contribution >= 0.6 is 0 Å². The van der Waals surface area contributed by atoms with Crippen molar-refractivity contribution in [2.75, 3.05) is 6.54 Å². The lowest BCUT2D eigenvalue weighted by Gasteiger charge is -2.36. The second kappa shape index (κ2) is 12.1. The first-order valence-corrected chi connectivity index (χ1v) is 20.8. The highest BCUT2D eigenvalue weighted by Crippen LogP contribution is 2.88. The molecule has 5 amide bonds. The lowest BCUT2D eigenvalue weighted by Crippen LogP contribution is -2.62. The fraction of sp³-hybridized carbons (Fsp3) is 0.865. The van der Waals surface area contributed by atoms with Crippen LogP contribution in [0, 0.1) is 39.4 Å². The van der Waals surface area contributed by atoms with Crippen molar-refractivity contribution in [1.29, 1.82) is 0 Å². The molecule has 7 aliphatic rings. The van der Waals surface area contributed by atoms with Crippen LogP contribution in [0.3, 0.4) is 0 Å². The van der Waals surface area contributed by atoms with Crippen LogP contribution in [-0.4, -0.2) is 83.6 Å². The number of hydrogen-bond acceptors (Lipinski definition) is 7. The fourth-order valence-electron chi connectivity index (χ4n) is 10.8. The van der Waals surface area contributed by atoms with Crippen molar-refractivity contribution in [3.05, 3.63) is 0 Å². The number of aliphatic carboxylic acids is 1. The average molecular weight is 732 g/mol. The fourth-order valence-corrected chi connectivity index (χ4v) is 12.2. The Kier molecular flexibility index (Phi) is 8.62. The summed E-state index contributed by atoms with van der Waals surface area (Å²) in [6, 6.07) is -3.82. The normalized spacial score (nSPS) is 33.5. The second-order valence-corrected chi connectivity index (χ2v) is 20.7. The van der Waals surface area contributed by atoms with Crippen LogP contribution in [0.15, 0.2) is 0 Å². The van der Waals surface area contributed by atoms with Crippen molar-refractivity contribution in [2.24, 2.45) is 39.4 Å². The van der Waals surface area contributed by atoms with E-state index in [-0.39, 0.29) is 34.0 Å². The first-order valence-electron chi connectivity index (χ1n) is 19.3. The van der Waals surface area contributed by atoms with Crippen molar-refractivity contribution in [2.45, 2.75) is 153 Å². The molecule has 0 unspecified atom stereocenters. The van der Waals surface area contributed by atoms with Gasteiger partial charge in [-0.2, -0.15) is 0 Å². The Morgan fingerprint density at radius 3 is 2.00 bits per heavy atom. The Hall–Kier alpha value is -2.90. The number of urea groups is 1. The molecule has 51 heavy (non-hydrogen) atoms. The third-order valence-corrected chi connectivity index (χ3v) is 16.4. The number of rotatable bonds is 11. The Labute approximate surface area is 301 Å². The van der Waals surface area contributed by atoms with Crippen molar-refractivity contribution >= 4 is 39.7 Å². The minimum atomic E-state index is -3.83. The Bertz CT molecular complexity index is 1610. The number of carboxylic acid groups (broad SMARTS) is 1. The molecule has 7 fully saturated rings. The zero-order valence-electron chi connectivity index (χ0n) is 30.8. The molecule has 6 saturated carbocycles. The Balaban J connectivity index is 1.14. The van der Waals surface area contributed by atoms with E-state index in [1.54, 1.807) is 4.90 Å². The zero-order chi connectivity index (χ0) is 36.9. The number of carbonyl (C=O) groups is 5. The molecule has 6 atom stereocenters. The summed E-state index contributed by atoms with van der Waals surface area (Å²) in [5, 5.41) is 17.9. The van der Waals surface area contributed by atoms with Crippen LogP contribution in [-0.2, 0) is 29.2 Å². The molecule has 7 rings (SSSR count). The summed E-state index contributed by atoms with van der Waals surface area (Å²) < 4.78 is 27.9. The maximum atomic E-state index is 14.8. The largest absolute Gasteiger partial charge is 0.480 e. The van der Waals surface area contributed by atoms with E-state index in [9.17, 15) is 37.5 Å². The molecule has 2 spiro atoms. The highest BCUT2D eigenvalue weighted by Gasteiger charge is 2.85. The standard InChI is InChI=1S/C37H57N5O8S/c1-33(2,3)27(39-32(48)38-26(30(45)46)22-10-7-6-8-11-22)29(44)42-20-36(34(4,5)35(36)16-9-17-35)19-25(42)28(43)40-37(18-24(37)21-12-13-21)31(47)41-51(49,50)23-14-15-23/h21-27H,6-20H2,1-5H3,(H,40,43)(H,41,47)(H,45,46)(H2,38,39,48)/t24-,25-,26-,27+,36+,37+/m0/s1. The van der Waals surface area contributed by atoms with E-state index >= 15 is 0 Å². The third kappa shape index (κ3) is 5.93. The molecule has 6 aliphatic carbocycles. The SMILES string of the molecule is CC(C)(C)[C@H](NC(=O)N[C@H](C(=O)O)C1CCCCC1)C(=O)N1C[C@]2(C[C@H]1C(=O)N[C@]1(C(=O)NS(=O)(=O)C3CC3)C[C@H]1C1CC1)C(C)(C)C21CCC1. The molecule has 0 aromatic carbocycles. The topological polar surface area (TPSA) is 191 Å². The number of fused-ring (bicyclic) bond motifs is 1. The number of nitrogens with zero attached hydrogens (tertiary/aromatic N) is 1. The number of hydrogen-bond donors (Lipinski definition) is 5. The third-order valence-electron chi connectivity index (χ3n) is 14.6. The molecule has 0 aromatic rings. The van der Waals surface area contributed by atoms with Crippen LogP contribution in [0.4, 0.5) is 4.79 Å². The molecule has 284 valence electrons. The summed E-state index contributed by atoms with van der Waals surface area (Å²) in [6.07, 6.45) is 11.0. The van der Waals surface area contributed by atoms with Gasteiger partial charge in [-0.15, -0.1) is 0 Å². The number of amides is 5. The van der Waals surface area contributed by atoms with Gasteiger partial charge in [0.25, 0.3) is 5.91 Å². The number of carbonyl (C=O) groups excluding carboxylic acids is 4. The highest BCUT2D eigenvalue weighted by molar-refractivity contribution is 7.91. The maximum absolute atomic E-state index is 14.8. The van der Waals surface area contributed by atoms with Crippen LogP contribution in [0.25, 0.3) is 0 Å². The number of likely N-dealkylation sites (tertiary alicyclic amines) is 1. The van der Waals surface area contributed by atoms with E-state index < -0.39 is 74.1 Å². The number of nitrogens with one attached hydrogen (secondary N) is 4. The zero-order valence-corrected chi connectivity index (χ0v) is 31.6. The van der Waals surface area contributed by atoms with Gasteiger partial charge in [-0.1, -0.05) is 60.3 Å². The van der Waals surface area contributed by atoms with E-state index in [4.69, 9.17) is 0 Å². The lowest BCUT2D eigenvalue weighted by molar-refractivity contribution is -0.142. The minimum absolute atomic E-state index is 0.00612. The van der Waals surface area contributed by atoms with Crippen molar-refractivity contribution in [3.63, 3.8) is 0 Å². The van der Waals surface area contributed by atoms with Crippen LogP contribution in [0.1, 0.15) is 125 Å². The summed E-state index contributed by atoms with van der Waals surface area (Å²) in [4.78, 5) is 70.4. The van der Waals surface area contributed by atoms with Crippen molar-refractivity contribution in [1.82, 2.24) is 25.6 Å². The molecule has 14 heteroatoms. The van der Waals surface area contributed by atoms with E-state index in [2.05, 4.69) is 34.5 Å². The minimum Gasteiger partial charge on any atom is -0.480 e. The van der Waals surface area contributed by atoms with Crippen LogP contribution in [0.2, 0.25) is 0 Å². The van der Waals surface area contributed by atoms with Gasteiger partial charge >= 0.3 is 12.0 Å². The number of sulfonamides is 1. The summed E-state index contributed by atoms with van der Waals surface area (Å²) in [6.45, 7) is 10.2. The van der Waals surface area contributed by atoms with Crippen molar-refractivity contribution < 1.29 is 37.5 Å². The van der Waals surface area contributed by atoms with Gasteiger partial charge in [-0.05, 0) is 98.2 Å².